The molecule has 3 rings (SSSR count). The standard InChI is InChI=1S/C17H19ClFN3O/c18-13-3-1-4-14(19)17(13)15(11-20)21-9-6-12(7-10-21)22-8-2-5-16(22)23/h1,3-4,12,15H,2,5-10H2/t15-/m0/s1. The molecule has 1 amide bonds. The molecule has 0 N–H and O–H groups in total. The summed E-state index contributed by atoms with van der Waals surface area (Å²) < 4.78 is 14.1. The topological polar surface area (TPSA) is 47.3 Å². The molecule has 6 heteroatoms. The van der Waals surface area contributed by atoms with E-state index in [1.54, 1.807) is 12.1 Å². The smallest absolute Gasteiger partial charge is 0.222 e. The predicted molar refractivity (Wildman–Crippen MR) is 85.3 cm³/mol. The van der Waals surface area contributed by atoms with Crippen LogP contribution >= 0.6 is 11.6 Å². The zero-order valence-corrected chi connectivity index (χ0v) is 13.6. The van der Waals surface area contributed by atoms with Crippen molar-refractivity contribution in [1.29, 1.82) is 5.26 Å². The molecule has 4 nitrogen and oxygen atoms in total. The molecule has 1 aromatic rings. The van der Waals surface area contributed by atoms with Gasteiger partial charge in [-0.25, -0.2) is 4.39 Å². The van der Waals surface area contributed by atoms with E-state index >= 15 is 0 Å². The van der Waals surface area contributed by atoms with Crippen LogP contribution in [0.15, 0.2) is 18.2 Å². The van der Waals surface area contributed by atoms with Crippen LogP contribution in [0, 0.1) is 17.1 Å². The van der Waals surface area contributed by atoms with Gasteiger partial charge in [0.1, 0.15) is 11.9 Å². The third kappa shape index (κ3) is 3.19. The molecule has 0 bridgehead atoms. The summed E-state index contributed by atoms with van der Waals surface area (Å²) in [7, 11) is 0. The molecular weight excluding hydrogens is 317 g/mol. The van der Waals surface area contributed by atoms with E-state index in [1.165, 1.54) is 6.07 Å². The van der Waals surface area contributed by atoms with Crippen molar-refractivity contribution in [1.82, 2.24) is 9.80 Å². The number of nitrogens with zero attached hydrogens (tertiary/aromatic N) is 3. The molecule has 122 valence electrons. The van der Waals surface area contributed by atoms with E-state index in [0.717, 1.165) is 25.8 Å². The lowest BCUT2D eigenvalue weighted by Crippen LogP contribution is -2.46. The lowest BCUT2D eigenvalue weighted by Gasteiger charge is -2.38. The van der Waals surface area contributed by atoms with Crippen LogP contribution in [0.5, 0.6) is 0 Å². The van der Waals surface area contributed by atoms with E-state index in [2.05, 4.69) is 6.07 Å². The van der Waals surface area contributed by atoms with Crippen molar-refractivity contribution in [2.45, 2.75) is 37.8 Å². The molecule has 2 saturated heterocycles. The highest BCUT2D eigenvalue weighted by molar-refractivity contribution is 6.31. The normalized spacial score (nSPS) is 21.4. The first-order valence-corrected chi connectivity index (χ1v) is 8.36. The molecule has 2 fully saturated rings. The number of halogens is 2. The molecular formula is C17H19ClFN3O. The third-order valence-electron chi connectivity index (χ3n) is 4.81. The number of nitriles is 1. The molecule has 1 aromatic carbocycles. The van der Waals surface area contributed by atoms with Crippen molar-refractivity contribution in [2.75, 3.05) is 19.6 Å². The highest BCUT2D eigenvalue weighted by atomic mass is 35.5. The van der Waals surface area contributed by atoms with E-state index in [1.807, 2.05) is 9.80 Å². The summed E-state index contributed by atoms with van der Waals surface area (Å²) in [6, 6.07) is 6.24. The number of carbonyl (C=O) groups excluding carboxylic acids is 1. The first kappa shape index (κ1) is 16.2. The molecule has 1 atom stereocenters. The zero-order valence-electron chi connectivity index (χ0n) is 12.8. The van der Waals surface area contributed by atoms with Gasteiger partial charge in [-0.3, -0.25) is 9.69 Å². The highest BCUT2D eigenvalue weighted by Gasteiger charge is 2.34. The largest absolute Gasteiger partial charge is 0.340 e. The van der Waals surface area contributed by atoms with Crippen molar-refractivity contribution < 1.29 is 9.18 Å². The summed E-state index contributed by atoms with van der Waals surface area (Å²) in [6.07, 6.45) is 3.21. The van der Waals surface area contributed by atoms with Crippen molar-refractivity contribution >= 4 is 17.5 Å². The maximum atomic E-state index is 14.1. The summed E-state index contributed by atoms with van der Waals surface area (Å²) in [5, 5.41) is 9.80. The van der Waals surface area contributed by atoms with Crippen LogP contribution in [0.3, 0.4) is 0 Å². The molecule has 0 unspecified atom stereocenters. The van der Waals surface area contributed by atoms with Crippen molar-refractivity contribution in [3.8, 4) is 6.07 Å². The van der Waals surface area contributed by atoms with Crippen molar-refractivity contribution in [2.24, 2.45) is 0 Å². The second-order valence-electron chi connectivity index (χ2n) is 6.12. The van der Waals surface area contributed by atoms with Gasteiger partial charge in [0.05, 0.1) is 6.07 Å². The Morgan fingerprint density at radius 2 is 2.04 bits per heavy atom. The van der Waals surface area contributed by atoms with Gasteiger partial charge in [-0.15, -0.1) is 0 Å². The second-order valence-corrected chi connectivity index (χ2v) is 6.53. The van der Waals surface area contributed by atoms with Gasteiger partial charge in [-0.1, -0.05) is 17.7 Å². The summed E-state index contributed by atoms with van der Waals surface area (Å²) >= 11 is 6.10. The molecule has 23 heavy (non-hydrogen) atoms. The summed E-state index contributed by atoms with van der Waals surface area (Å²) in [5.74, 6) is -0.210. The van der Waals surface area contributed by atoms with E-state index < -0.39 is 11.9 Å². The fourth-order valence-corrected chi connectivity index (χ4v) is 3.88. The monoisotopic (exact) mass is 335 g/mol. The van der Waals surface area contributed by atoms with Crippen LogP contribution in [-0.4, -0.2) is 41.4 Å². The molecule has 0 saturated carbocycles. The van der Waals surface area contributed by atoms with Crippen LogP contribution in [0.2, 0.25) is 5.02 Å². The molecule has 0 aromatic heterocycles. The molecule has 2 aliphatic heterocycles. The Balaban J connectivity index is 1.71. The van der Waals surface area contributed by atoms with Crippen molar-refractivity contribution in [3.63, 3.8) is 0 Å². The van der Waals surface area contributed by atoms with E-state index in [4.69, 9.17) is 11.6 Å². The summed E-state index contributed by atoms with van der Waals surface area (Å²) in [5.41, 5.74) is 0.257. The number of benzene rings is 1. The predicted octanol–water partition coefficient (Wildman–Crippen LogP) is 3.13. The fourth-order valence-electron chi connectivity index (χ4n) is 3.61. The number of rotatable bonds is 3. The van der Waals surface area contributed by atoms with Crippen LogP contribution in [-0.2, 0) is 4.79 Å². The lowest BCUT2D eigenvalue weighted by atomic mass is 9.98. The molecule has 0 spiro atoms. The minimum Gasteiger partial charge on any atom is -0.340 e. The Morgan fingerprint density at radius 3 is 2.61 bits per heavy atom. The Kier molecular flexibility index (Phi) is 4.84. The minimum atomic E-state index is -0.682. The Morgan fingerprint density at radius 1 is 1.30 bits per heavy atom. The summed E-state index contributed by atoms with van der Waals surface area (Å²) in [4.78, 5) is 15.8. The average molecular weight is 336 g/mol. The molecule has 2 heterocycles. The van der Waals surface area contributed by atoms with Crippen LogP contribution in [0.1, 0.15) is 37.3 Å². The van der Waals surface area contributed by atoms with Gasteiger partial charge >= 0.3 is 0 Å². The van der Waals surface area contributed by atoms with Gasteiger partial charge in [0.2, 0.25) is 5.91 Å². The highest BCUT2D eigenvalue weighted by Crippen LogP contribution is 2.32. The van der Waals surface area contributed by atoms with Crippen LogP contribution < -0.4 is 0 Å². The Labute approximate surface area is 140 Å². The molecule has 0 aliphatic carbocycles. The van der Waals surface area contributed by atoms with E-state index in [-0.39, 0.29) is 22.5 Å². The first-order valence-electron chi connectivity index (χ1n) is 7.99. The lowest BCUT2D eigenvalue weighted by molar-refractivity contribution is -0.130. The fraction of sp³-hybridized carbons (Fsp3) is 0.529. The maximum absolute atomic E-state index is 14.1. The van der Waals surface area contributed by atoms with Gasteiger partial charge < -0.3 is 4.90 Å². The minimum absolute atomic E-state index is 0.234. The maximum Gasteiger partial charge on any atom is 0.222 e. The Bertz CT molecular complexity index is 617. The van der Waals surface area contributed by atoms with Gasteiger partial charge in [0.15, 0.2) is 0 Å². The van der Waals surface area contributed by atoms with Crippen molar-refractivity contribution in [3.05, 3.63) is 34.6 Å². The second kappa shape index (κ2) is 6.86. The quantitative estimate of drug-likeness (QED) is 0.852. The number of likely N-dealkylation sites (tertiary alicyclic amines) is 2. The first-order chi connectivity index (χ1) is 11.1. The molecule has 0 radical (unpaired) electrons. The zero-order chi connectivity index (χ0) is 16.4. The average Bonchev–Trinajstić information content (AvgIpc) is 2.97. The summed E-state index contributed by atoms with van der Waals surface area (Å²) in [6.45, 7) is 2.17. The molecule has 2 aliphatic rings. The number of amides is 1. The number of carbonyl (C=O) groups is 1. The number of piperidine rings is 1. The van der Waals surface area contributed by atoms with Gasteiger partial charge in [0, 0.05) is 42.7 Å². The van der Waals surface area contributed by atoms with Gasteiger partial charge in [0.25, 0.3) is 0 Å². The van der Waals surface area contributed by atoms with Crippen LogP contribution in [0.4, 0.5) is 4.39 Å². The van der Waals surface area contributed by atoms with E-state index in [9.17, 15) is 14.4 Å². The SMILES string of the molecule is N#C[C@@H](c1c(F)cccc1Cl)N1CCC(N2CCCC2=O)CC1. The van der Waals surface area contributed by atoms with Gasteiger partial charge in [-0.05, 0) is 31.4 Å². The third-order valence-corrected chi connectivity index (χ3v) is 5.14. The van der Waals surface area contributed by atoms with Crippen LogP contribution in [0.25, 0.3) is 0 Å². The van der Waals surface area contributed by atoms with Gasteiger partial charge in [-0.2, -0.15) is 5.26 Å². The van der Waals surface area contributed by atoms with E-state index in [0.29, 0.717) is 19.5 Å². The Hall–Kier alpha value is -1.64. The number of hydrogen-bond donors (Lipinski definition) is 0. The number of hydrogen-bond acceptors (Lipinski definition) is 3.